The third-order valence-corrected chi connectivity index (χ3v) is 5.41. The molecule has 6 nitrogen and oxygen atoms in total. The second-order valence-corrected chi connectivity index (χ2v) is 9.62. The molecular weight excluding hydrogens is 395 g/mol. The van der Waals surface area contributed by atoms with Crippen LogP contribution in [0.15, 0.2) is 42.6 Å². The third-order valence-electron chi connectivity index (χ3n) is 5.41. The molecule has 170 valence electrons. The Kier molecular flexibility index (Phi) is 7.38. The summed E-state index contributed by atoms with van der Waals surface area (Å²) in [4.78, 5) is 13.6. The summed E-state index contributed by atoms with van der Waals surface area (Å²) >= 11 is 0. The smallest absolute Gasteiger partial charge is 0.321 e. The Morgan fingerprint density at radius 3 is 2.77 bits per heavy atom. The summed E-state index contributed by atoms with van der Waals surface area (Å²) in [5, 5.41) is 2.76. The van der Waals surface area contributed by atoms with Gasteiger partial charge in [-0.25, -0.2) is 14.6 Å². The van der Waals surface area contributed by atoms with E-state index in [-0.39, 0.29) is 22.8 Å². The van der Waals surface area contributed by atoms with E-state index in [1.165, 1.54) is 6.07 Å². The van der Waals surface area contributed by atoms with Crippen LogP contribution in [0.3, 0.4) is 0 Å². The molecule has 2 fully saturated rings. The topological polar surface area (TPSA) is 65.6 Å². The molecule has 31 heavy (non-hydrogen) atoms. The number of urea groups is 1. The van der Waals surface area contributed by atoms with Crippen molar-refractivity contribution in [2.45, 2.75) is 52.0 Å². The van der Waals surface area contributed by atoms with E-state index in [1.54, 1.807) is 4.90 Å². The van der Waals surface area contributed by atoms with Gasteiger partial charge in [-0.15, -0.1) is 0 Å². The van der Waals surface area contributed by atoms with Crippen molar-refractivity contribution in [1.29, 1.82) is 0 Å². The highest BCUT2D eigenvalue weighted by molar-refractivity contribution is 5.77. The fourth-order valence-corrected chi connectivity index (χ4v) is 3.36. The molecule has 1 aromatic carbocycles. The number of amides is 2. The van der Waals surface area contributed by atoms with Crippen LogP contribution in [0, 0.1) is 11.2 Å². The van der Waals surface area contributed by atoms with Crippen molar-refractivity contribution < 1.29 is 13.9 Å². The number of hydrogen-bond acceptors (Lipinski definition) is 4. The van der Waals surface area contributed by atoms with Crippen molar-refractivity contribution in [2.24, 2.45) is 5.41 Å². The van der Waals surface area contributed by atoms with Gasteiger partial charge in [-0.1, -0.05) is 45.6 Å². The molecule has 0 bridgehead atoms. The van der Waals surface area contributed by atoms with Crippen LogP contribution >= 0.6 is 0 Å². The third kappa shape index (κ3) is 6.80. The Bertz CT molecular complexity index is 827. The van der Waals surface area contributed by atoms with Crippen LogP contribution in [0.25, 0.3) is 0 Å². The van der Waals surface area contributed by atoms with Gasteiger partial charge in [0.1, 0.15) is 0 Å². The van der Waals surface area contributed by atoms with Gasteiger partial charge < -0.3 is 15.0 Å². The molecule has 1 heterocycles. The summed E-state index contributed by atoms with van der Waals surface area (Å²) in [6.45, 7) is 12.5. The number of nitrogens with zero attached hydrogens (tertiary/aromatic N) is 1. The second-order valence-electron chi connectivity index (χ2n) is 9.62. The number of carbonyl (C=O) groups is 1. The maximum atomic E-state index is 14.2. The molecule has 2 aliphatic rings. The minimum Gasteiger partial charge on any atom is -0.490 e. The predicted octanol–water partition coefficient (Wildman–Crippen LogP) is 4.21. The number of carbonyl (C=O) groups excluding carboxylic acids is 1. The average molecular weight is 431 g/mol. The summed E-state index contributed by atoms with van der Waals surface area (Å²) in [6, 6.07) is 5.06. The Hall–Kier alpha value is -2.38. The molecule has 1 saturated carbocycles. The van der Waals surface area contributed by atoms with E-state index in [1.807, 2.05) is 18.2 Å². The quantitative estimate of drug-likeness (QED) is 0.296. The largest absolute Gasteiger partial charge is 0.490 e. The zero-order valence-corrected chi connectivity index (χ0v) is 18.9. The molecule has 2 amide bonds. The minimum absolute atomic E-state index is 0.0283. The maximum absolute atomic E-state index is 14.2. The van der Waals surface area contributed by atoms with Crippen molar-refractivity contribution >= 4 is 6.03 Å². The highest BCUT2D eigenvalue weighted by Crippen LogP contribution is 2.46. The predicted molar refractivity (Wildman–Crippen MR) is 121 cm³/mol. The normalized spacial score (nSPS) is 18.4. The van der Waals surface area contributed by atoms with Gasteiger partial charge in [0, 0.05) is 31.8 Å². The van der Waals surface area contributed by atoms with Crippen molar-refractivity contribution in [3.63, 3.8) is 0 Å². The Morgan fingerprint density at radius 2 is 2.10 bits per heavy atom. The lowest BCUT2D eigenvalue weighted by Crippen LogP contribution is -2.44. The number of ether oxygens (including phenoxy) is 1. The highest BCUT2D eigenvalue weighted by atomic mass is 19.1. The standard InChI is InChI=1S/C24H35FN4O2/c1-18-10-15-29(22(30)27-18)14-7-5-6-13-26-28-24(11-12-24)19-8-9-20(25)21(16-19)31-17-23(2,3)4/h5,7-9,16,26,28H,1,6,10-15,17H2,2-4H3,(H,27,30)/b7-5+. The van der Waals surface area contributed by atoms with E-state index < -0.39 is 0 Å². The zero-order valence-electron chi connectivity index (χ0n) is 18.9. The van der Waals surface area contributed by atoms with Crippen LogP contribution in [0.1, 0.15) is 52.0 Å². The van der Waals surface area contributed by atoms with Crippen molar-refractivity contribution in [1.82, 2.24) is 21.1 Å². The van der Waals surface area contributed by atoms with Gasteiger partial charge in [0.25, 0.3) is 0 Å². The summed E-state index contributed by atoms with van der Waals surface area (Å²) in [5.41, 5.74) is 8.33. The van der Waals surface area contributed by atoms with E-state index in [2.05, 4.69) is 49.6 Å². The molecule has 0 atom stereocenters. The van der Waals surface area contributed by atoms with Crippen molar-refractivity contribution in [3.8, 4) is 5.75 Å². The van der Waals surface area contributed by atoms with Gasteiger partial charge >= 0.3 is 6.03 Å². The van der Waals surface area contributed by atoms with Gasteiger partial charge in [-0.2, -0.15) is 0 Å². The summed E-state index contributed by atoms with van der Waals surface area (Å²) < 4.78 is 19.9. The monoisotopic (exact) mass is 430 g/mol. The van der Waals surface area contributed by atoms with Crippen LogP contribution in [0.5, 0.6) is 5.75 Å². The summed E-state index contributed by atoms with van der Waals surface area (Å²) in [6.07, 6.45) is 7.71. The van der Waals surface area contributed by atoms with Crippen molar-refractivity contribution in [3.05, 3.63) is 54.0 Å². The van der Waals surface area contributed by atoms with Crippen LogP contribution in [0.2, 0.25) is 0 Å². The molecule has 0 unspecified atom stereocenters. The molecule has 1 aliphatic heterocycles. The van der Waals surface area contributed by atoms with E-state index in [0.29, 0.717) is 25.4 Å². The van der Waals surface area contributed by atoms with Gasteiger partial charge in [-0.05, 0) is 42.4 Å². The van der Waals surface area contributed by atoms with E-state index >= 15 is 0 Å². The first-order valence-electron chi connectivity index (χ1n) is 11.0. The van der Waals surface area contributed by atoms with Crippen LogP contribution in [-0.4, -0.2) is 37.2 Å². The molecule has 0 radical (unpaired) electrons. The number of nitrogens with one attached hydrogen (secondary N) is 3. The molecule has 3 rings (SSSR count). The zero-order chi connectivity index (χ0) is 22.5. The molecule has 0 spiro atoms. The lowest BCUT2D eigenvalue weighted by molar-refractivity contribution is 0.191. The molecule has 3 N–H and O–H groups in total. The number of rotatable bonds is 10. The molecule has 1 aromatic rings. The van der Waals surface area contributed by atoms with E-state index in [0.717, 1.165) is 43.5 Å². The average Bonchev–Trinajstić information content (AvgIpc) is 3.48. The molecule has 0 aromatic heterocycles. The van der Waals surface area contributed by atoms with E-state index in [4.69, 9.17) is 4.74 Å². The lowest BCUT2D eigenvalue weighted by atomic mass is 9.98. The van der Waals surface area contributed by atoms with Gasteiger partial charge in [0.15, 0.2) is 11.6 Å². The first-order valence-corrected chi connectivity index (χ1v) is 11.0. The molecule has 7 heteroatoms. The van der Waals surface area contributed by atoms with Crippen LogP contribution < -0.4 is 20.9 Å². The lowest BCUT2D eigenvalue weighted by Gasteiger charge is -2.27. The van der Waals surface area contributed by atoms with Gasteiger partial charge in [-0.3, -0.25) is 5.43 Å². The first-order chi connectivity index (χ1) is 14.7. The molecule has 1 saturated heterocycles. The number of hydrogen-bond donors (Lipinski definition) is 3. The molecular formula is C24H35FN4O2. The minimum atomic E-state index is -0.325. The molecule has 1 aliphatic carbocycles. The number of hydrazine groups is 1. The summed E-state index contributed by atoms with van der Waals surface area (Å²) in [7, 11) is 0. The fourth-order valence-electron chi connectivity index (χ4n) is 3.36. The van der Waals surface area contributed by atoms with Gasteiger partial charge in [0.05, 0.1) is 12.1 Å². The van der Waals surface area contributed by atoms with Crippen LogP contribution in [-0.2, 0) is 5.54 Å². The highest BCUT2D eigenvalue weighted by Gasteiger charge is 2.44. The Labute approximate surface area is 184 Å². The Balaban J connectivity index is 1.41. The van der Waals surface area contributed by atoms with Crippen molar-refractivity contribution in [2.75, 3.05) is 26.2 Å². The Morgan fingerprint density at radius 1 is 1.32 bits per heavy atom. The summed E-state index contributed by atoms with van der Waals surface area (Å²) in [5.74, 6) is -0.0117. The van der Waals surface area contributed by atoms with E-state index in [9.17, 15) is 9.18 Å². The van der Waals surface area contributed by atoms with Crippen LogP contribution in [0.4, 0.5) is 9.18 Å². The fraction of sp³-hybridized carbons (Fsp3) is 0.542. The maximum Gasteiger partial charge on any atom is 0.321 e. The SMILES string of the molecule is C=C1CCN(C/C=C/CCNNC2(c3ccc(F)c(OCC(C)(C)C)c3)CC2)C(=O)N1. The number of halogens is 1. The first kappa shape index (κ1) is 23.3. The number of benzene rings is 1. The second kappa shape index (κ2) is 9.83. The van der Waals surface area contributed by atoms with Gasteiger partial charge in [0.2, 0.25) is 0 Å².